The van der Waals surface area contributed by atoms with E-state index in [9.17, 15) is 0 Å². The smallest absolute Gasteiger partial charge is 0.0628 e. The highest BCUT2D eigenvalue weighted by molar-refractivity contribution is 5.24. The molecule has 2 rings (SSSR count). The maximum absolute atomic E-state index is 4.36. The maximum Gasteiger partial charge on any atom is 0.0628 e. The molecule has 0 amide bonds. The molecule has 1 aromatic rings. The fraction of sp³-hybridized carbons (Fsp3) is 0.700. The standard InChI is InChI=1S/C10H17N3/c1-7-10(6-13(3)12-7)8-4-9(5-8)11-2/h6,8-9,11H,4-5H2,1-3H3. The summed E-state index contributed by atoms with van der Waals surface area (Å²) in [6.45, 7) is 2.10. The van der Waals surface area contributed by atoms with Gasteiger partial charge in [-0.25, -0.2) is 0 Å². The molecular weight excluding hydrogens is 162 g/mol. The van der Waals surface area contributed by atoms with E-state index in [1.54, 1.807) is 0 Å². The van der Waals surface area contributed by atoms with Crippen LogP contribution in [0.3, 0.4) is 0 Å². The molecule has 0 atom stereocenters. The Morgan fingerprint density at radius 3 is 2.69 bits per heavy atom. The van der Waals surface area contributed by atoms with Crippen LogP contribution in [0.2, 0.25) is 0 Å². The topological polar surface area (TPSA) is 29.9 Å². The molecule has 0 spiro atoms. The first-order valence-electron chi connectivity index (χ1n) is 4.88. The number of nitrogens with one attached hydrogen (secondary N) is 1. The lowest BCUT2D eigenvalue weighted by molar-refractivity contribution is 0.306. The van der Waals surface area contributed by atoms with Crippen LogP contribution in [0, 0.1) is 6.92 Å². The Labute approximate surface area is 79.1 Å². The Kier molecular flexibility index (Phi) is 2.12. The zero-order chi connectivity index (χ0) is 9.42. The molecule has 0 radical (unpaired) electrons. The van der Waals surface area contributed by atoms with Gasteiger partial charge in [-0.05, 0) is 38.3 Å². The van der Waals surface area contributed by atoms with Gasteiger partial charge in [0.25, 0.3) is 0 Å². The van der Waals surface area contributed by atoms with Crippen molar-refractivity contribution in [3.05, 3.63) is 17.5 Å². The third kappa shape index (κ3) is 1.48. The van der Waals surface area contributed by atoms with Crippen molar-refractivity contribution in [2.24, 2.45) is 7.05 Å². The number of hydrogen-bond acceptors (Lipinski definition) is 2. The van der Waals surface area contributed by atoms with Crippen molar-refractivity contribution in [2.75, 3.05) is 7.05 Å². The summed E-state index contributed by atoms with van der Waals surface area (Å²) in [6, 6.07) is 0.726. The number of nitrogens with zero attached hydrogens (tertiary/aromatic N) is 2. The van der Waals surface area contributed by atoms with Crippen molar-refractivity contribution >= 4 is 0 Å². The Balaban J connectivity index is 2.06. The molecule has 0 bridgehead atoms. The summed E-state index contributed by atoms with van der Waals surface area (Å²) in [6.07, 6.45) is 4.69. The van der Waals surface area contributed by atoms with Gasteiger partial charge in [-0.15, -0.1) is 0 Å². The van der Waals surface area contributed by atoms with Gasteiger partial charge in [0.1, 0.15) is 0 Å². The predicted octanol–water partition coefficient (Wildman–Crippen LogP) is 1.19. The average molecular weight is 179 g/mol. The highest BCUT2D eigenvalue weighted by Crippen LogP contribution is 2.37. The van der Waals surface area contributed by atoms with Crippen LogP contribution in [0.1, 0.15) is 30.0 Å². The zero-order valence-electron chi connectivity index (χ0n) is 8.54. The van der Waals surface area contributed by atoms with Crippen LogP contribution < -0.4 is 5.32 Å². The Bertz CT molecular complexity index is 297. The van der Waals surface area contributed by atoms with Crippen LogP contribution in [0.4, 0.5) is 0 Å². The summed E-state index contributed by atoms with van der Waals surface area (Å²) in [5.41, 5.74) is 2.64. The van der Waals surface area contributed by atoms with Crippen LogP contribution in [0.25, 0.3) is 0 Å². The molecule has 1 aromatic heterocycles. The predicted molar refractivity (Wildman–Crippen MR) is 52.8 cm³/mol. The molecular formula is C10H17N3. The highest BCUT2D eigenvalue weighted by Gasteiger charge is 2.30. The van der Waals surface area contributed by atoms with Crippen LogP contribution >= 0.6 is 0 Å². The van der Waals surface area contributed by atoms with Gasteiger partial charge in [0, 0.05) is 19.3 Å². The normalized spacial score (nSPS) is 27.3. The van der Waals surface area contributed by atoms with E-state index in [2.05, 4.69) is 23.5 Å². The molecule has 1 heterocycles. The molecule has 1 fully saturated rings. The van der Waals surface area contributed by atoms with Crippen LogP contribution in [0.5, 0.6) is 0 Å². The second kappa shape index (κ2) is 3.14. The lowest BCUT2D eigenvalue weighted by atomic mass is 9.76. The van der Waals surface area contributed by atoms with Crippen LogP contribution in [-0.2, 0) is 7.05 Å². The quantitative estimate of drug-likeness (QED) is 0.739. The summed E-state index contributed by atoms with van der Waals surface area (Å²) in [4.78, 5) is 0. The Morgan fingerprint density at radius 2 is 2.23 bits per heavy atom. The lowest BCUT2D eigenvalue weighted by Crippen LogP contribution is -2.37. The van der Waals surface area contributed by atoms with Gasteiger partial charge in [-0.1, -0.05) is 0 Å². The van der Waals surface area contributed by atoms with Crippen molar-refractivity contribution in [2.45, 2.75) is 31.7 Å². The molecule has 0 aliphatic heterocycles. The van der Waals surface area contributed by atoms with Crippen molar-refractivity contribution in [1.29, 1.82) is 0 Å². The molecule has 0 saturated heterocycles. The first-order chi connectivity index (χ1) is 6.20. The van der Waals surface area contributed by atoms with E-state index in [4.69, 9.17) is 0 Å². The van der Waals surface area contributed by atoms with Crippen molar-refractivity contribution in [3.63, 3.8) is 0 Å². The van der Waals surface area contributed by atoms with E-state index in [-0.39, 0.29) is 0 Å². The second-order valence-electron chi connectivity index (χ2n) is 4.00. The number of rotatable bonds is 2. The Hall–Kier alpha value is -0.830. The third-order valence-corrected chi connectivity index (χ3v) is 3.04. The number of aromatic nitrogens is 2. The third-order valence-electron chi connectivity index (χ3n) is 3.04. The van der Waals surface area contributed by atoms with E-state index < -0.39 is 0 Å². The SMILES string of the molecule is CNC1CC(c2cn(C)nc2C)C1. The molecule has 1 saturated carbocycles. The van der Waals surface area contributed by atoms with Gasteiger partial charge in [-0.3, -0.25) is 4.68 Å². The highest BCUT2D eigenvalue weighted by atomic mass is 15.2. The molecule has 3 nitrogen and oxygen atoms in total. The minimum atomic E-state index is 0.726. The Morgan fingerprint density at radius 1 is 1.54 bits per heavy atom. The molecule has 3 heteroatoms. The fourth-order valence-electron chi connectivity index (χ4n) is 2.13. The molecule has 0 aromatic carbocycles. The minimum Gasteiger partial charge on any atom is -0.317 e. The average Bonchev–Trinajstić information content (AvgIpc) is 2.29. The van der Waals surface area contributed by atoms with Crippen molar-refractivity contribution < 1.29 is 0 Å². The second-order valence-corrected chi connectivity index (χ2v) is 4.00. The van der Waals surface area contributed by atoms with Crippen LogP contribution in [0.15, 0.2) is 6.20 Å². The van der Waals surface area contributed by atoms with Gasteiger partial charge in [0.05, 0.1) is 5.69 Å². The molecule has 13 heavy (non-hydrogen) atoms. The van der Waals surface area contributed by atoms with Crippen molar-refractivity contribution in [3.8, 4) is 0 Å². The van der Waals surface area contributed by atoms with E-state index in [1.165, 1.54) is 24.1 Å². The monoisotopic (exact) mass is 179 g/mol. The van der Waals surface area contributed by atoms with E-state index >= 15 is 0 Å². The van der Waals surface area contributed by atoms with Gasteiger partial charge >= 0.3 is 0 Å². The number of aryl methyl sites for hydroxylation is 2. The van der Waals surface area contributed by atoms with E-state index in [1.807, 2.05) is 18.8 Å². The van der Waals surface area contributed by atoms with Gasteiger partial charge in [0.2, 0.25) is 0 Å². The molecule has 1 N–H and O–H groups in total. The van der Waals surface area contributed by atoms with E-state index in [0.717, 1.165) is 12.0 Å². The first-order valence-corrected chi connectivity index (χ1v) is 4.88. The van der Waals surface area contributed by atoms with E-state index in [0.29, 0.717) is 0 Å². The summed E-state index contributed by atoms with van der Waals surface area (Å²) in [7, 11) is 4.03. The lowest BCUT2D eigenvalue weighted by Gasteiger charge is -2.34. The summed E-state index contributed by atoms with van der Waals surface area (Å²) in [5.74, 6) is 0.742. The van der Waals surface area contributed by atoms with Gasteiger partial charge < -0.3 is 5.32 Å². The van der Waals surface area contributed by atoms with Crippen molar-refractivity contribution in [1.82, 2.24) is 15.1 Å². The molecule has 72 valence electrons. The molecule has 1 aliphatic carbocycles. The number of hydrogen-bond donors (Lipinski definition) is 1. The fourth-order valence-corrected chi connectivity index (χ4v) is 2.13. The van der Waals surface area contributed by atoms with Gasteiger partial charge in [0.15, 0.2) is 0 Å². The largest absolute Gasteiger partial charge is 0.317 e. The van der Waals surface area contributed by atoms with Crippen LogP contribution in [-0.4, -0.2) is 22.9 Å². The minimum absolute atomic E-state index is 0.726. The summed E-state index contributed by atoms with van der Waals surface area (Å²) < 4.78 is 1.91. The van der Waals surface area contributed by atoms with Gasteiger partial charge in [-0.2, -0.15) is 5.10 Å². The zero-order valence-corrected chi connectivity index (χ0v) is 8.54. The first kappa shape index (κ1) is 8.75. The summed E-state index contributed by atoms with van der Waals surface area (Å²) >= 11 is 0. The molecule has 1 aliphatic rings. The summed E-state index contributed by atoms with van der Waals surface area (Å²) in [5, 5.41) is 7.66. The maximum atomic E-state index is 4.36. The molecule has 0 unspecified atom stereocenters.